The van der Waals surface area contributed by atoms with Gasteiger partial charge in [-0.05, 0) is 19.4 Å². The van der Waals surface area contributed by atoms with Gasteiger partial charge >= 0.3 is 0 Å². The minimum absolute atomic E-state index is 0.135. The summed E-state index contributed by atoms with van der Waals surface area (Å²) in [4.78, 5) is 17.7. The first-order chi connectivity index (χ1) is 9.04. The molecule has 0 saturated heterocycles. The van der Waals surface area contributed by atoms with Gasteiger partial charge < -0.3 is 15.7 Å². The number of rotatable bonds is 4. The van der Waals surface area contributed by atoms with Crippen LogP contribution < -0.4 is 5.73 Å². The summed E-state index contributed by atoms with van der Waals surface area (Å²) >= 11 is 0. The molecule has 1 atom stereocenters. The normalized spacial score (nSPS) is 11.4. The third-order valence-corrected chi connectivity index (χ3v) is 2.55. The molecule has 0 aromatic carbocycles. The van der Waals surface area contributed by atoms with Gasteiger partial charge in [0.05, 0.1) is 18.2 Å². The van der Waals surface area contributed by atoms with Crippen molar-refractivity contribution in [2.75, 3.05) is 20.1 Å². The number of carbonyl (C=O) groups is 1. The van der Waals surface area contributed by atoms with Crippen LogP contribution in [-0.4, -0.2) is 47.1 Å². The van der Waals surface area contributed by atoms with Crippen molar-refractivity contribution >= 4 is 5.91 Å². The maximum absolute atomic E-state index is 12.1. The minimum atomic E-state index is -0.421. The number of nitrogens with two attached hydrogens (primary N) is 1. The van der Waals surface area contributed by atoms with Crippen molar-refractivity contribution in [3.05, 3.63) is 29.6 Å². The van der Waals surface area contributed by atoms with E-state index >= 15 is 0 Å². The standard InChI is InChI=1S/C14H19N3O2/c1-11(18)5-7-17(2)14(19)13-8-12(4-3-6-15)9-16-10-13/h8-11,18H,5-7,15H2,1-2H3. The van der Waals surface area contributed by atoms with Crippen molar-refractivity contribution < 1.29 is 9.90 Å². The molecule has 0 aliphatic carbocycles. The average Bonchev–Trinajstić information content (AvgIpc) is 2.41. The van der Waals surface area contributed by atoms with E-state index in [4.69, 9.17) is 5.73 Å². The van der Waals surface area contributed by atoms with E-state index < -0.39 is 6.10 Å². The molecule has 1 amide bonds. The Kier molecular flexibility index (Phi) is 6.00. The molecule has 102 valence electrons. The number of carbonyl (C=O) groups excluding carboxylic acids is 1. The Balaban J connectivity index is 2.76. The molecule has 1 unspecified atom stereocenters. The summed E-state index contributed by atoms with van der Waals surface area (Å²) in [5.74, 6) is 5.43. The van der Waals surface area contributed by atoms with E-state index in [-0.39, 0.29) is 12.5 Å². The Morgan fingerprint density at radius 1 is 1.58 bits per heavy atom. The largest absolute Gasteiger partial charge is 0.393 e. The highest BCUT2D eigenvalue weighted by Gasteiger charge is 2.12. The van der Waals surface area contributed by atoms with Gasteiger partial charge in [0, 0.05) is 31.5 Å². The van der Waals surface area contributed by atoms with E-state index in [9.17, 15) is 9.90 Å². The fourth-order valence-corrected chi connectivity index (χ4v) is 1.48. The van der Waals surface area contributed by atoms with Crippen molar-refractivity contribution in [3.8, 4) is 11.8 Å². The van der Waals surface area contributed by atoms with E-state index in [1.165, 1.54) is 6.20 Å². The first-order valence-electron chi connectivity index (χ1n) is 6.12. The number of hydrogen-bond acceptors (Lipinski definition) is 4. The van der Waals surface area contributed by atoms with Crippen LogP contribution in [0.3, 0.4) is 0 Å². The topological polar surface area (TPSA) is 79.5 Å². The van der Waals surface area contributed by atoms with Crippen LogP contribution in [0.4, 0.5) is 0 Å². The zero-order valence-electron chi connectivity index (χ0n) is 11.3. The molecule has 0 spiro atoms. The highest BCUT2D eigenvalue weighted by atomic mass is 16.3. The Bertz CT molecular complexity index is 489. The summed E-state index contributed by atoms with van der Waals surface area (Å²) in [5.41, 5.74) is 6.45. The van der Waals surface area contributed by atoms with Crippen molar-refractivity contribution in [3.63, 3.8) is 0 Å². The lowest BCUT2D eigenvalue weighted by Crippen LogP contribution is -2.29. The fourth-order valence-electron chi connectivity index (χ4n) is 1.48. The van der Waals surface area contributed by atoms with Gasteiger partial charge in [-0.15, -0.1) is 0 Å². The van der Waals surface area contributed by atoms with Crippen molar-refractivity contribution in [1.82, 2.24) is 9.88 Å². The van der Waals surface area contributed by atoms with Crippen LogP contribution in [0.25, 0.3) is 0 Å². The number of aliphatic hydroxyl groups is 1. The number of nitrogens with zero attached hydrogens (tertiary/aromatic N) is 2. The average molecular weight is 261 g/mol. The van der Waals surface area contributed by atoms with E-state index in [0.29, 0.717) is 24.1 Å². The molecule has 0 saturated carbocycles. The molecule has 5 nitrogen and oxygen atoms in total. The number of aromatic nitrogens is 1. The van der Waals surface area contributed by atoms with Gasteiger partial charge in [-0.3, -0.25) is 9.78 Å². The summed E-state index contributed by atoms with van der Waals surface area (Å²) in [6.45, 7) is 2.46. The fraction of sp³-hybridized carbons (Fsp3) is 0.429. The van der Waals surface area contributed by atoms with E-state index in [0.717, 1.165) is 0 Å². The SMILES string of the molecule is CC(O)CCN(C)C(=O)c1cncc(C#CCN)c1. The summed E-state index contributed by atoms with van der Waals surface area (Å²) in [6.07, 6.45) is 3.22. The summed E-state index contributed by atoms with van der Waals surface area (Å²) in [6, 6.07) is 1.69. The van der Waals surface area contributed by atoms with E-state index in [2.05, 4.69) is 16.8 Å². The monoisotopic (exact) mass is 261 g/mol. The highest BCUT2D eigenvalue weighted by Crippen LogP contribution is 2.06. The summed E-state index contributed by atoms with van der Waals surface area (Å²) in [7, 11) is 1.70. The van der Waals surface area contributed by atoms with Gasteiger partial charge in [0.1, 0.15) is 0 Å². The van der Waals surface area contributed by atoms with E-state index in [1.54, 1.807) is 31.1 Å². The molecule has 5 heteroatoms. The van der Waals surface area contributed by atoms with Crippen LogP contribution in [0.15, 0.2) is 18.5 Å². The summed E-state index contributed by atoms with van der Waals surface area (Å²) < 4.78 is 0. The van der Waals surface area contributed by atoms with Gasteiger partial charge in [0.15, 0.2) is 0 Å². The van der Waals surface area contributed by atoms with Crippen LogP contribution in [0, 0.1) is 11.8 Å². The number of hydrogen-bond donors (Lipinski definition) is 2. The van der Waals surface area contributed by atoms with Crippen LogP contribution in [0.2, 0.25) is 0 Å². The van der Waals surface area contributed by atoms with Crippen LogP contribution >= 0.6 is 0 Å². The van der Waals surface area contributed by atoms with Gasteiger partial charge in [0.25, 0.3) is 5.91 Å². The Labute approximate surface area is 113 Å². The molecular weight excluding hydrogens is 242 g/mol. The molecule has 1 heterocycles. The third kappa shape index (κ3) is 5.08. The second-order valence-electron chi connectivity index (χ2n) is 4.33. The molecule has 0 radical (unpaired) electrons. The zero-order chi connectivity index (χ0) is 14.3. The predicted molar refractivity (Wildman–Crippen MR) is 73.4 cm³/mol. The van der Waals surface area contributed by atoms with Crippen LogP contribution in [-0.2, 0) is 0 Å². The van der Waals surface area contributed by atoms with Gasteiger partial charge in [-0.2, -0.15) is 0 Å². The molecule has 0 bridgehead atoms. The van der Waals surface area contributed by atoms with Gasteiger partial charge in [-0.25, -0.2) is 0 Å². The minimum Gasteiger partial charge on any atom is -0.393 e. The van der Waals surface area contributed by atoms with Gasteiger partial charge in [-0.1, -0.05) is 11.8 Å². The Morgan fingerprint density at radius 3 is 2.95 bits per heavy atom. The lowest BCUT2D eigenvalue weighted by molar-refractivity contribution is 0.0768. The molecule has 1 rings (SSSR count). The van der Waals surface area contributed by atoms with Crippen molar-refractivity contribution in [2.24, 2.45) is 5.73 Å². The lowest BCUT2D eigenvalue weighted by atomic mass is 10.2. The number of aliphatic hydroxyl groups excluding tert-OH is 1. The molecule has 0 fully saturated rings. The molecule has 1 aromatic heterocycles. The lowest BCUT2D eigenvalue weighted by Gasteiger charge is -2.17. The van der Waals surface area contributed by atoms with Gasteiger partial charge in [0.2, 0.25) is 0 Å². The number of amides is 1. The number of pyridine rings is 1. The first-order valence-corrected chi connectivity index (χ1v) is 6.12. The molecule has 1 aromatic rings. The van der Waals surface area contributed by atoms with Crippen LogP contribution in [0.1, 0.15) is 29.3 Å². The molecule has 0 aliphatic heterocycles. The van der Waals surface area contributed by atoms with Crippen molar-refractivity contribution in [2.45, 2.75) is 19.4 Å². The molecule has 0 aliphatic rings. The molecule has 19 heavy (non-hydrogen) atoms. The summed E-state index contributed by atoms with van der Waals surface area (Å²) in [5, 5.41) is 9.21. The predicted octanol–water partition coefficient (Wildman–Crippen LogP) is 0.235. The Morgan fingerprint density at radius 2 is 2.32 bits per heavy atom. The van der Waals surface area contributed by atoms with Crippen molar-refractivity contribution in [1.29, 1.82) is 0 Å². The zero-order valence-corrected chi connectivity index (χ0v) is 11.3. The first kappa shape index (κ1) is 15.2. The molecular formula is C14H19N3O2. The smallest absolute Gasteiger partial charge is 0.255 e. The second kappa shape index (κ2) is 7.52. The Hall–Kier alpha value is -1.90. The second-order valence-corrected chi connectivity index (χ2v) is 4.33. The highest BCUT2D eigenvalue weighted by molar-refractivity contribution is 5.94. The quantitative estimate of drug-likeness (QED) is 0.761. The van der Waals surface area contributed by atoms with Crippen LogP contribution in [0.5, 0.6) is 0 Å². The van der Waals surface area contributed by atoms with E-state index in [1.807, 2.05) is 0 Å². The third-order valence-electron chi connectivity index (χ3n) is 2.55. The maximum Gasteiger partial charge on any atom is 0.255 e. The molecule has 3 N–H and O–H groups in total. The maximum atomic E-state index is 12.1.